The number of rotatable bonds is 4. The molecule has 2 aromatic heterocycles. The minimum Gasteiger partial charge on any atom is -0.324 e. The van der Waals surface area contributed by atoms with Crippen molar-refractivity contribution in [1.82, 2.24) is 24.5 Å². The van der Waals surface area contributed by atoms with Crippen LogP contribution < -0.4 is 0 Å². The van der Waals surface area contributed by atoms with Gasteiger partial charge < -0.3 is 4.90 Å². The van der Waals surface area contributed by atoms with Gasteiger partial charge in [0.2, 0.25) is 0 Å². The molecule has 0 radical (unpaired) electrons. The Bertz CT molecular complexity index is 1000. The molecule has 1 atom stereocenters. The van der Waals surface area contributed by atoms with Crippen molar-refractivity contribution in [1.29, 1.82) is 0 Å². The Labute approximate surface area is 169 Å². The molecule has 7 heteroatoms. The number of nitrogens with zero attached hydrogens (tertiary/aromatic N) is 5. The largest absolute Gasteiger partial charge is 0.324 e. The van der Waals surface area contributed by atoms with Crippen LogP contribution in [0.2, 0.25) is 5.02 Å². The lowest BCUT2D eigenvalue weighted by molar-refractivity contribution is 0.0628. The molecule has 0 bridgehead atoms. The summed E-state index contributed by atoms with van der Waals surface area (Å²) < 4.78 is 3.41. The highest BCUT2D eigenvalue weighted by Gasteiger charge is 2.32. The van der Waals surface area contributed by atoms with Gasteiger partial charge >= 0.3 is 0 Å². The van der Waals surface area contributed by atoms with E-state index in [0.29, 0.717) is 23.0 Å². The van der Waals surface area contributed by atoms with Crippen molar-refractivity contribution in [3.05, 3.63) is 69.8 Å². The molecule has 0 N–H and O–H groups in total. The third-order valence-corrected chi connectivity index (χ3v) is 5.80. The molecule has 0 saturated heterocycles. The molecule has 6 nitrogen and oxygen atoms in total. The summed E-state index contributed by atoms with van der Waals surface area (Å²) in [7, 11) is 3.68. The number of hydrogen-bond donors (Lipinski definition) is 0. The summed E-state index contributed by atoms with van der Waals surface area (Å²) in [4.78, 5) is 15.4. The van der Waals surface area contributed by atoms with Crippen LogP contribution in [-0.2, 0) is 27.1 Å². The maximum atomic E-state index is 13.5. The van der Waals surface area contributed by atoms with Gasteiger partial charge in [-0.2, -0.15) is 10.2 Å². The topological polar surface area (TPSA) is 56.0 Å². The summed E-state index contributed by atoms with van der Waals surface area (Å²) in [5.41, 5.74) is 4.62. The van der Waals surface area contributed by atoms with E-state index in [1.54, 1.807) is 15.6 Å². The second-order valence-electron chi connectivity index (χ2n) is 7.43. The van der Waals surface area contributed by atoms with Crippen LogP contribution in [0.25, 0.3) is 0 Å². The molecule has 0 unspecified atom stereocenters. The zero-order valence-corrected chi connectivity index (χ0v) is 17.1. The van der Waals surface area contributed by atoms with E-state index < -0.39 is 0 Å². The third kappa shape index (κ3) is 3.44. The Balaban J connectivity index is 1.75. The molecule has 0 aliphatic heterocycles. The number of hydrogen-bond acceptors (Lipinski definition) is 3. The van der Waals surface area contributed by atoms with Crippen molar-refractivity contribution in [2.24, 2.45) is 14.1 Å². The predicted molar refractivity (Wildman–Crippen MR) is 108 cm³/mol. The van der Waals surface area contributed by atoms with Gasteiger partial charge in [0.1, 0.15) is 5.69 Å². The van der Waals surface area contributed by atoms with Gasteiger partial charge in [0.05, 0.1) is 17.6 Å². The second kappa shape index (κ2) is 7.43. The first-order valence-corrected chi connectivity index (χ1v) is 9.89. The summed E-state index contributed by atoms with van der Waals surface area (Å²) in [6, 6.07) is 10.2. The Morgan fingerprint density at radius 3 is 2.75 bits per heavy atom. The zero-order chi connectivity index (χ0) is 19.8. The minimum absolute atomic E-state index is 0.0159. The maximum absolute atomic E-state index is 13.5. The molecule has 0 fully saturated rings. The zero-order valence-electron chi connectivity index (χ0n) is 16.4. The molecule has 1 aliphatic rings. The number of benzene rings is 1. The fraction of sp³-hybridized carbons (Fsp3) is 0.381. The summed E-state index contributed by atoms with van der Waals surface area (Å²) in [6.07, 6.45) is 4.77. The number of carbonyl (C=O) groups excluding carboxylic acids is 1. The molecule has 3 aromatic rings. The Hall–Kier alpha value is -2.60. The van der Waals surface area contributed by atoms with Crippen LogP contribution >= 0.6 is 11.6 Å². The predicted octanol–water partition coefficient (Wildman–Crippen LogP) is 3.84. The van der Waals surface area contributed by atoms with Gasteiger partial charge in [0.25, 0.3) is 5.91 Å². The average molecular weight is 398 g/mol. The number of aryl methyl sites for hydroxylation is 4. The van der Waals surface area contributed by atoms with Crippen molar-refractivity contribution in [3.8, 4) is 0 Å². The number of carbonyl (C=O) groups is 1. The molecule has 4 rings (SSSR count). The number of fused-ring (bicyclic) bond motifs is 1. The van der Waals surface area contributed by atoms with E-state index >= 15 is 0 Å². The van der Waals surface area contributed by atoms with Crippen LogP contribution in [0.5, 0.6) is 0 Å². The van der Waals surface area contributed by atoms with Gasteiger partial charge in [0.15, 0.2) is 5.69 Å². The summed E-state index contributed by atoms with van der Waals surface area (Å²) in [6.45, 7) is 2.30. The summed E-state index contributed by atoms with van der Waals surface area (Å²) >= 11 is 6.37. The smallest absolute Gasteiger partial charge is 0.275 e. The van der Waals surface area contributed by atoms with Crippen LogP contribution in [0.4, 0.5) is 0 Å². The SMILES string of the molecule is Cc1cc(C(=O)N(Cc2nn(C)cc2Cl)[C@@H]2CCCc3ccccc32)nn1C. The number of amides is 1. The normalized spacial score (nSPS) is 16.1. The van der Waals surface area contributed by atoms with Crippen LogP contribution in [-0.4, -0.2) is 30.4 Å². The molecule has 2 heterocycles. The Morgan fingerprint density at radius 2 is 2.07 bits per heavy atom. The molecule has 1 aromatic carbocycles. The van der Waals surface area contributed by atoms with Crippen molar-refractivity contribution in [2.45, 2.75) is 38.8 Å². The molecular formula is C21H24ClN5O. The highest BCUT2D eigenvalue weighted by molar-refractivity contribution is 6.31. The summed E-state index contributed by atoms with van der Waals surface area (Å²) in [5.74, 6) is -0.0906. The number of halogens is 1. The van der Waals surface area contributed by atoms with Gasteiger partial charge in [-0.25, -0.2) is 0 Å². The maximum Gasteiger partial charge on any atom is 0.275 e. The van der Waals surface area contributed by atoms with Crippen molar-refractivity contribution >= 4 is 17.5 Å². The molecule has 0 spiro atoms. The van der Waals surface area contributed by atoms with Crippen LogP contribution in [0.15, 0.2) is 36.5 Å². The van der Waals surface area contributed by atoms with E-state index in [1.165, 1.54) is 11.1 Å². The van der Waals surface area contributed by atoms with Crippen molar-refractivity contribution in [2.75, 3.05) is 0 Å². The monoisotopic (exact) mass is 397 g/mol. The Kier molecular flexibility index (Phi) is 4.98. The van der Waals surface area contributed by atoms with E-state index in [0.717, 1.165) is 25.0 Å². The van der Waals surface area contributed by atoms with Crippen LogP contribution in [0.3, 0.4) is 0 Å². The molecule has 1 amide bonds. The lowest BCUT2D eigenvalue weighted by atomic mass is 9.86. The summed E-state index contributed by atoms with van der Waals surface area (Å²) in [5, 5.41) is 9.45. The fourth-order valence-electron chi connectivity index (χ4n) is 3.96. The van der Waals surface area contributed by atoms with E-state index in [-0.39, 0.29) is 11.9 Å². The van der Waals surface area contributed by atoms with E-state index in [9.17, 15) is 4.79 Å². The molecule has 146 valence electrons. The first-order chi connectivity index (χ1) is 13.4. The van der Waals surface area contributed by atoms with E-state index in [4.69, 9.17) is 11.6 Å². The molecule has 28 heavy (non-hydrogen) atoms. The first-order valence-electron chi connectivity index (χ1n) is 9.51. The van der Waals surface area contributed by atoms with Gasteiger partial charge in [-0.3, -0.25) is 14.2 Å². The second-order valence-corrected chi connectivity index (χ2v) is 7.84. The number of aromatic nitrogens is 4. The average Bonchev–Trinajstić information content (AvgIpc) is 3.19. The Morgan fingerprint density at radius 1 is 1.29 bits per heavy atom. The molecule has 1 aliphatic carbocycles. The van der Waals surface area contributed by atoms with Gasteiger partial charge in [-0.15, -0.1) is 0 Å². The highest BCUT2D eigenvalue weighted by Crippen LogP contribution is 2.36. The standard InChI is InChI=1S/C21H24ClN5O/c1-14-11-18(24-26(14)3)21(28)27(13-19-17(22)12-25(2)23-19)20-10-6-8-15-7-4-5-9-16(15)20/h4-5,7,9,11-12,20H,6,8,10,13H2,1-3H3/t20-/m1/s1. The van der Waals surface area contributed by atoms with E-state index in [2.05, 4.69) is 28.4 Å². The molecule has 0 saturated carbocycles. The first kappa shape index (κ1) is 18.7. The van der Waals surface area contributed by atoms with Crippen molar-refractivity contribution in [3.63, 3.8) is 0 Å². The van der Waals surface area contributed by atoms with Crippen molar-refractivity contribution < 1.29 is 4.79 Å². The lowest BCUT2D eigenvalue weighted by Gasteiger charge is -2.35. The minimum atomic E-state index is -0.0906. The third-order valence-electron chi connectivity index (χ3n) is 5.48. The fourth-order valence-corrected chi connectivity index (χ4v) is 4.20. The van der Waals surface area contributed by atoms with Crippen LogP contribution in [0.1, 0.15) is 51.9 Å². The lowest BCUT2D eigenvalue weighted by Crippen LogP contribution is -2.36. The quantitative estimate of drug-likeness (QED) is 0.672. The van der Waals surface area contributed by atoms with Gasteiger partial charge in [0, 0.05) is 26.0 Å². The van der Waals surface area contributed by atoms with Gasteiger partial charge in [-0.05, 0) is 43.4 Å². The molecular weight excluding hydrogens is 374 g/mol. The van der Waals surface area contributed by atoms with Gasteiger partial charge in [-0.1, -0.05) is 35.9 Å². The van der Waals surface area contributed by atoms with Crippen LogP contribution in [0, 0.1) is 6.92 Å². The highest BCUT2D eigenvalue weighted by atomic mass is 35.5. The van der Waals surface area contributed by atoms with E-state index in [1.807, 2.05) is 38.1 Å².